The number of hydrogen-bond acceptors (Lipinski definition) is 2. The molecule has 0 radical (unpaired) electrons. The second-order valence-corrected chi connectivity index (χ2v) is 10.4. The van der Waals surface area contributed by atoms with Crippen molar-refractivity contribution < 1.29 is 10.2 Å². The van der Waals surface area contributed by atoms with Crippen LogP contribution < -0.4 is 0 Å². The van der Waals surface area contributed by atoms with Gasteiger partial charge in [0.2, 0.25) is 0 Å². The zero-order chi connectivity index (χ0) is 20.3. The first-order chi connectivity index (χ1) is 13.3. The van der Waals surface area contributed by atoms with Crippen LogP contribution in [0.1, 0.15) is 91.4 Å². The molecule has 0 aromatic heterocycles. The number of fused-ring (bicyclic) bond motifs is 1. The first-order valence-corrected chi connectivity index (χ1v) is 11.7. The van der Waals surface area contributed by atoms with Gasteiger partial charge in [0.15, 0.2) is 0 Å². The van der Waals surface area contributed by atoms with Crippen LogP contribution in [0.5, 0.6) is 0 Å². The largest absolute Gasteiger partial charge is 0.388 e. The Morgan fingerprint density at radius 2 is 1.82 bits per heavy atom. The van der Waals surface area contributed by atoms with Crippen LogP contribution in [-0.2, 0) is 0 Å². The Labute approximate surface area is 172 Å². The van der Waals surface area contributed by atoms with Crippen molar-refractivity contribution >= 4 is 0 Å². The summed E-state index contributed by atoms with van der Waals surface area (Å²) >= 11 is 0. The van der Waals surface area contributed by atoms with Crippen LogP contribution in [0.4, 0.5) is 0 Å². The van der Waals surface area contributed by atoms with Crippen LogP contribution in [0.25, 0.3) is 0 Å². The molecule has 0 heterocycles. The van der Waals surface area contributed by atoms with Gasteiger partial charge in [-0.05, 0) is 80.1 Å². The van der Waals surface area contributed by atoms with E-state index in [2.05, 4.69) is 39.5 Å². The highest BCUT2D eigenvalue weighted by Gasteiger charge is 2.48. The van der Waals surface area contributed by atoms with E-state index < -0.39 is 12.2 Å². The molecule has 3 fully saturated rings. The summed E-state index contributed by atoms with van der Waals surface area (Å²) in [7, 11) is 0. The minimum absolute atomic E-state index is 0.486. The normalized spacial score (nSPS) is 37.6. The number of aliphatic hydroxyl groups excluding tert-OH is 2. The van der Waals surface area contributed by atoms with Crippen LogP contribution in [0.3, 0.4) is 0 Å². The summed E-state index contributed by atoms with van der Waals surface area (Å²) in [5, 5.41) is 20.2. The molecule has 1 unspecified atom stereocenters. The standard InChI is InChI=1S/C26H42O2/c1-18(2)8-5-6-10-22-13-14-23-21(9-7-15-26(22,23)4)12-11-20-16-24(27)19(3)25(28)17-20/h11-12,18,22-25,27-28H,3,5-10,13-17H2,1-2,4H3/b21-12+/t22-,23-,24+,25+,26?/m0/s1. The van der Waals surface area contributed by atoms with Gasteiger partial charge in [-0.1, -0.05) is 69.9 Å². The van der Waals surface area contributed by atoms with E-state index in [0.717, 1.165) is 23.3 Å². The molecule has 0 bridgehead atoms. The number of allylic oxidation sites excluding steroid dienone is 3. The Hall–Kier alpha value is -0.860. The lowest BCUT2D eigenvalue weighted by Gasteiger charge is -2.42. The van der Waals surface area contributed by atoms with E-state index in [4.69, 9.17) is 0 Å². The highest BCUT2D eigenvalue weighted by molar-refractivity contribution is 5.29. The van der Waals surface area contributed by atoms with Crippen molar-refractivity contribution in [2.24, 2.45) is 23.2 Å². The summed E-state index contributed by atoms with van der Waals surface area (Å²) in [5.74, 6) is 2.46. The minimum atomic E-state index is -0.591. The van der Waals surface area contributed by atoms with Gasteiger partial charge in [0.25, 0.3) is 0 Å². The van der Waals surface area contributed by atoms with E-state index in [9.17, 15) is 10.2 Å². The van der Waals surface area contributed by atoms with E-state index in [1.165, 1.54) is 57.8 Å². The Kier molecular flexibility index (Phi) is 7.26. The predicted molar refractivity (Wildman–Crippen MR) is 118 cm³/mol. The lowest BCUT2D eigenvalue weighted by atomic mass is 9.62. The van der Waals surface area contributed by atoms with Crippen molar-refractivity contribution in [2.45, 2.75) is 104 Å². The SMILES string of the molecule is C=C1[C@H](O)CC(=C/C=C2\CCCC3(C)[C@@H](CCCCC(C)C)CC[C@@H]23)C[C@H]1O. The first kappa shape index (κ1) is 21.8. The first-order valence-electron chi connectivity index (χ1n) is 11.7. The maximum absolute atomic E-state index is 10.1. The van der Waals surface area contributed by atoms with Crippen LogP contribution in [0, 0.1) is 23.2 Å². The third-order valence-corrected chi connectivity index (χ3v) is 8.05. The van der Waals surface area contributed by atoms with Gasteiger partial charge >= 0.3 is 0 Å². The summed E-state index contributed by atoms with van der Waals surface area (Å²) in [6, 6.07) is 0. The highest BCUT2D eigenvalue weighted by Crippen LogP contribution is 2.58. The Morgan fingerprint density at radius 3 is 2.50 bits per heavy atom. The Bertz CT molecular complexity index is 598. The van der Waals surface area contributed by atoms with Crippen molar-refractivity contribution in [3.63, 3.8) is 0 Å². The molecule has 28 heavy (non-hydrogen) atoms. The minimum Gasteiger partial charge on any atom is -0.388 e. The predicted octanol–water partition coefficient (Wildman–Crippen LogP) is 6.34. The summed E-state index contributed by atoms with van der Waals surface area (Å²) in [5.41, 5.74) is 3.85. The number of rotatable bonds is 6. The van der Waals surface area contributed by atoms with Gasteiger partial charge in [-0.25, -0.2) is 0 Å². The molecule has 3 saturated carbocycles. The van der Waals surface area contributed by atoms with Crippen LogP contribution in [0.2, 0.25) is 0 Å². The average Bonchev–Trinajstić information content (AvgIpc) is 2.98. The van der Waals surface area contributed by atoms with Gasteiger partial charge in [0, 0.05) is 0 Å². The molecule has 3 rings (SSSR count). The number of hydrogen-bond donors (Lipinski definition) is 2. The smallest absolute Gasteiger partial charge is 0.0809 e. The fraction of sp³-hybridized carbons (Fsp3) is 0.769. The molecule has 3 aliphatic carbocycles. The van der Waals surface area contributed by atoms with E-state index in [0.29, 0.717) is 23.8 Å². The maximum Gasteiger partial charge on any atom is 0.0809 e. The quantitative estimate of drug-likeness (QED) is 0.413. The summed E-state index contributed by atoms with van der Waals surface area (Å²) in [6.45, 7) is 11.1. The second kappa shape index (κ2) is 9.30. The number of aliphatic hydroxyl groups is 2. The molecule has 2 N–H and O–H groups in total. The molecular formula is C26H42O2. The Balaban J connectivity index is 1.64. The van der Waals surface area contributed by atoms with Crippen molar-refractivity contribution in [3.8, 4) is 0 Å². The van der Waals surface area contributed by atoms with Gasteiger partial charge in [-0.15, -0.1) is 0 Å². The monoisotopic (exact) mass is 386 g/mol. The van der Waals surface area contributed by atoms with E-state index in [1.54, 1.807) is 5.57 Å². The molecule has 2 heteroatoms. The third kappa shape index (κ3) is 4.82. The topological polar surface area (TPSA) is 40.5 Å². The highest BCUT2D eigenvalue weighted by atomic mass is 16.3. The third-order valence-electron chi connectivity index (χ3n) is 8.05. The lowest BCUT2D eigenvalue weighted by Crippen LogP contribution is -2.33. The fourth-order valence-corrected chi connectivity index (χ4v) is 6.19. The van der Waals surface area contributed by atoms with Crippen LogP contribution in [0.15, 0.2) is 35.5 Å². The van der Waals surface area contributed by atoms with Crippen molar-refractivity contribution in [1.82, 2.24) is 0 Å². The molecule has 5 atom stereocenters. The summed E-state index contributed by atoms with van der Waals surface area (Å²) < 4.78 is 0. The average molecular weight is 387 g/mol. The zero-order valence-corrected chi connectivity index (χ0v) is 18.4. The zero-order valence-electron chi connectivity index (χ0n) is 18.4. The van der Waals surface area contributed by atoms with E-state index in [1.807, 2.05) is 0 Å². The summed E-state index contributed by atoms with van der Waals surface area (Å²) in [4.78, 5) is 0. The van der Waals surface area contributed by atoms with E-state index in [-0.39, 0.29) is 0 Å². The summed E-state index contributed by atoms with van der Waals surface area (Å²) in [6.07, 6.45) is 16.9. The molecule has 0 amide bonds. The van der Waals surface area contributed by atoms with Gasteiger partial charge in [0.05, 0.1) is 12.2 Å². The van der Waals surface area contributed by atoms with Crippen molar-refractivity contribution in [2.75, 3.05) is 0 Å². The maximum atomic E-state index is 10.1. The number of unbranched alkanes of at least 4 members (excludes halogenated alkanes) is 1. The molecule has 0 spiro atoms. The molecule has 3 aliphatic rings. The van der Waals surface area contributed by atoms with Crippen LogP contribution >= 0.6 is 0 Å². The molecule has 158 valence electrons. The lowest BCUT2D eigenvalue weighted by molar-refractivity contribution is 0.123. The van der Waals surface area contributed by atoms with Gasteiger partial charge in [-0.2, -0.15) is 0 Å². The molecule has 0 saturated heterocycles. The van der Waals surface area contributed by atoms with Crippen molar-refractivity contribution in [3.05, 3.63) is 35.5 Å². The van der Waals surface area contributed by atoms with Crippen LogP contribution in [-0.4, -0.2) is 22.4 Å². The fourth-order valence-electron chi connectivity index (χ4n) is 6.19. The molecule has 0 aromatic carbocycles. The second-order valence-electron chi connectivity index (χ2n) is 10.4. The van der Waals surface area contributed by atoms with Crippen molar-refractivity contribution in [1.29, 1.82) is 0 Å². The van der Waals surface area contributed by atoms with E-state index >= 15 is 0 Å². The van der Waals surface area contributed by atoms with Gasteiger partial charge in [-0.3, -0.25) is 0 Å². The molecule has 0 aliphatic heterocycles. The molecule has 2 nitrogen and oxygen atoms in total. The van der Waals surface area contributed by atoms with Gasteiger partial charge < -0.3 is 10.2 Å². The van der Waals surface area contributed by atoms with Gasteiger partial charge in [0.1, 0.15) is 0 Å². The Morgan fingerprint density at radius 1 is 1.11 bits per heavy atom. The molecule has 0 aromatic rings. The molecular weight excluding hydrogens is 344 g/mol.